The minimum atomic E-state index is -0.309. The minimum absolute atomic E-state index is 0.309. The van der Waals surface area contributed by atoms with Crippen LogP contribution in [0.15, 0.2) is 42.6 Å². The van der Waals surface area contributed by atoms with E-state index in [1.807, 2.05) is 6.92 Å². The largest absolute Gasteiger partial charge is 0.456 e. The lowest BCUT2D eigenvalue weighted by atomic mass is 10.2. The summed E-state index contributed by atoms with van der Waals surface area (Å²) in [4.78, 5) is 16.4. The number of nitrogens with zero attached hydrogens (tertiary/aromatic N) is 3. The summed E-state index contributed by atoms with van der Waals surface area (Å²) in [7, 11) is 1.71. The maximum atomic E-state index is 12.4. The number of rotatable bonds is 4. The van der Waals surface area contributed by atoms with Crippen LogP contribution in [0.4, 0.5) is 11.5 Å². The standard InChI is InChI=1S/C17H16ClN5O2/c1-10-7-15(23(2)22-10)17(24)21-14-8-11(3-5-13(14)18)25-12-4-6-16(19)20-9-12/h3-9H,1-2H3,(H2,19,20)(H,21,24). The third-order valence-corrected chi connectivity index (χ3v) is 3.75. The highest BCUT2D eigenvalue weighted by Gasteiger charge is 2.14. The van der Waals surface area contributed by atoms with Crippen molar-refractivity contribution in [3.63, 3.8) is 0 Å². The molecule has 128 valence electrons. The molecule has 0 saturated heterocycles. The Bertz CT molecular complexity index is 921. The van der Waals surface area contributed by atoms with E-state index >= 15 is 0 Å². The lowest BCUT2D eigenvalue weighted by Gasteiger charge is -2.10. The molecule has 0 atom stereocenters. The van der Waals surface area contributed by atoms with Gasteiger partial charge in [0.15, 0.2) is 0 Å². The number of amides is 1. The first-order chi connectivity index (χ1) is 11.9. The minimum Gasteiger partial charge on any atom is -0.456 e. The Morgan fingerprint density at radius 2 is 2.00 bits per heavy atom. The summed E-state index contributed by atoms with van der Waals surface area (Å²) in [6, 6.07) is 10.0. The Morgan fingerprint density at radius 3 is 2.64 bits per heavy atom. The Hall–Kier alpha value is -3.06. The van der Waals surface area contributed by atoms with Gasteiger partial charge in [0.05, 0.1) is 22.6 Å². The molecule has 3 N–H and O–H groups in total. The number of hydrogen-bond donors (Lipinski definition) is 2. The molecule has 2 heterocycles. The number of hydrogen-bond acceptors (Lipinski definition) is 5. The molecule has 0 radical (unpaired) electrons. The number of carbonyl (C=O) groups is 1. The second-order valence-corrected chi connectivity index (χ2v) is 5.82. The fraction of sp³-hybridized carbons (Fsp3) is 0.118. The predicted molar refractivity (Wildman–Crippen MR) is 96.1 cm³/mol. The van der Waals surface area contributed by atoms with Crippen LogP contribution in [-0.4, -0.2) is 20.7 Å². The van der Waals surface area contributed by atoms with Gasteiger partial charge in [0, 0.05) is 13.1 Å². The molecule has 0 spiro atoms. The molecule has 0 aliphatic rings. The second-order valence-electron chi connectivity index (χ2n) is 5.41. The highest BCUT2D eigenvalue weighted by atomic mass is 35.5. The van der Waals surface area contributed by atoms with Gasteiger partial charge in [0.25, 0.3) is 5.91 Å². The van der Waals surface area contributed by atoms with E-state index in [-0.39, 0.29) is 5.91 Å². The molecule has 8 heteroatoms. The van der Waals surface area contributed by atoms with Crippen molar-refractivity contribution in [2.75, 3.05) is 11.1 Å². The molecule has 2 aromatic heterocycles. The van der Waals surface area contributed by atoms with Gasteiger partial charge in [-0.25, -0.2) is 4.98 Å². The van der Waals surface area contributed by atoms with Crippen molar-refractivity contribution < 1.29 is 9.53 Å². The highest BCUT2D eigenvalue weighted by Crippen LogP contribution is 2.30. The molecule has 0 saturated carbocycles. The van der Waals surface area contributed by atoms with Crippen molar-refractivity contribution in [2.45, 2.75) is 6.92 Å². The van der Waals surface area contributed by atoms with E-state index in [2.05, 4.69) is 15.4 Å². The molecule has 3 aromatic rings. The summed E-state index contributed by atoms with van der Waals surface area (Å²) in [6.07, 6.45) is 1.51. The number of nitrogens with two attached hydrogens (primary N) is 1. The Balaban J connectivity index is 1.80. The molecule has 0 aliphatic heterocycles. The van der Waals surface area contributed by atoms with Crippen molar-refractivity contribution in [1.82, 2.24) is 14.8 Å². The number of benzene rings is 1. The zero-order valence-corrected chi connectivity index (χ0v) is 14.4. The van der Waals surface area contributed by atoms with E-state index in [0.717, 1.165) is 5.69 Å². The van der Waals surface area contributed by atoms with E-state index < -0.39 is 0 Å². The highest BCUT2D eigenvalue weighted by molar-refractivity contribution is 6.34. The van der Waals surface area contributed by atoms with Gasteiger partial charge in [0.1, 0.15) is 23.0 Å². The number of ether oxygens (including phenoxy) is 1. The first-order valence-electron chi connectivity index (χ1n) is 7.43. The van der Waals surface area contributed by atoms with Crippen molar-refractivity contribution in [1.29, 1.82) is 0 Å². The number of pyridine rings is 1. The molecule has 1 aromatic carbocycles. The Morgan fingerprint density at radius 1 is 1.24 bits per heavy atom. The number of nitrogens with one attached hydrogen (secondary N) is 1. The van der Waals surface area contributed by atoms with Crippen LogP contribution in [0.25, 0.3) is 0 Å². The van der Waals surface area contributed by atoms with Gasteiger partial charge >= 0.3 is 0 Å². The van der Waals surface area contributed by atoms with Crippen molar-refractivity contribution in [3.05, 3.63) is 59.0 Å². The number of halogens is 1. The van der Waals surface area contributed by atoms with Crippen LogP contribution in [0.2, 0.25) is 5.02 Å². The number of nitrogen functional groups attached to an aromatic ring is 1. The maximum Gasteiger partial charge on any atom is 0.273 e. The van der Waals surface area contributed by atoms with E-state index in [1.54, 1.807) is 43.4 Å². The van der Waals surface area contributed by atoms with Gasteiger partial charge in [-0.2, -0.15) is 5.10 Å². The number of aromatic nitrogens is 3. The van der Waals surface area contributed by atoms with Gasteiger partial charge in [-0.3, -0.25) is 9.48 Å². The summed E-state index contributed by atoms with van der Waals surface area (Å²) < 4.78 is 7.21. The third-order valence-electron chi connectivity index (χ3n) is 3.42. The van der Waals surface area contributed by atoms with Gasteiger partial charge < -0.3 is 15.8 Å². The molecule has 0 bridgehead atoms. The Labute approximate surface area is 149 Å². The fourth-order valence-electron chi connectivity index (χ4n) is 2.26. The molecule has 0 aliphatic carbocycles. The fourth-order valence-corrected chi connectivity index (χ4v) is 2.43. The summed E-state index contributed by atoms with van der Waals surface area (Å²) in [6.45, 7) is 1.82. The molecule has 25 heavy (non-hydrogen) atoms. The van der Waals surface area contributed by atoms with E-state index in [9.17, 15) is 4.79 Å². The third kappa shape index (κ3) is 3.89. The van der Waals surface area contributed by atoms with Gasteiger partial charge in [0.2, 0.25) is 0 Å². The van der Waals surface area contributed by atoms with Crippen LogP contribution in [-0.2, 0) is 7.05 Å². The number of aryl methyl sites for hydroxylation is 2. The summed E-state index contributed by atoms with van der Waals surface area (Å²) in [5.74, 6) is 1.13. The smallest absolute Gasteiger partial charge is 0.273 e. The first-order valence-corrected chi connectivity index (χ1v) is 7.81. The molecule has 0 unspecified atom stereocenters. The Kier molecular flexibility index (Phi) is 4.58. The van der Waals surface area contributed by atoms with Crippen LogP contribution in [0, 0.1) is 6.92 Å². The van der Waals surface area contributed by atoms with E-state index in [4.69, 9.17) is 22.1 Å². The quantitative estimate of drug-likeness (QED) is 0.746. The normalized spacial score (nSPS) is 10.5. The van der Waals surface area contributed by atoms with Gasteiger partial charge in [-0.15, -0.1) is 0 Å². The van der Waals surface area contributed by atoms with E-state index in [0.29, 0.717) is 33.7 Å². The van der Waals surface area contributed by atoms with Crippen molar-refractivity contribution in [3.8, 4) is 11.5 Å². The van der Waals surface area contributed by atoms with Gasteiger partial charge in [-0.05, 0) is 37.3 Å². The SMILES string of the molecule is Cc1cc(C(=O)Nc2cc(Oc3ccc(N)nc3)ccc2Cl)n(C)n1. The van der Waals surface area contributed by atoms with E-state index in [1.165, 1.54) is 10.9 Å². The average molecular weight is 358 g/mol. The number of anilines is 2. The molecule has 7 nitrogen and oxygen atoms in total. The molecule has 3 rings (SSSR count). The van der Waals surface area contributed by atoms with Crippen molar-refractivity contribution in [2.24, 2.45) is 7.05 Å². The average Bonchev–Trinajstić information content (AvgIpc) is 2.91. The van der Waals surface area contributed by atoms with Crippen LogP contribution < -0.4 is 15.8 Å². The first kappa shape index (κ1) is 16.8. The van der Waals surface area contributed by atoms with Crippen LogP contribution in [0.1, 0.15) is 16.2 Å². The topological polar surface area (TPSA) is 95.1 Å². The predicted octanol–water partition coefficient (Wildman–Crippen LogP) is 3.40. The second kappa shape index (κ2) is 6.82. The van der Waals surface area contributed by atoms with Crippen LogP contribution in [0.3, 0.4) is 0 Å². The number of carbonyl (C=O) groups excluding carboxylic acids is 1. The zero-order chi connectivity index (χ0) is 18.0. The maximum absolute atomic E-state index is 12.4. The lowest BCUT2D eigenvalue weighted by molar-refractivity contribution is 0.101. The molecule has 0 fully saturated rings. The molecular formula is C17H16ClN5O2. The van der Waals surface area contributed by atoms with Crippen LogP contribution in [0.5, 0.6) is 11.5 Å². The zero-order valence-electron chi connectivity index (χ0n) is 13.7. The summed E-state index contributed by atoms with van der Waals surface area (Å²) in [5.41, 5.74) is 7.18. The summed E-state index contributed by atoms with van der Waals surface area (Å²) >= 11 is 6.17. The summed E-state index contributed by atoms with van der Waals surface area (Å²) in [5, 5.41) is 7.32. The van der Waals surface area contributed by atoms with Crippen LogP contribution >= 0.6 is 11.6 Å². The van der Waals surface area contributed by atoms with Gasteiger partial charge in [-0.1, -0.05) is 11.6 Å². The molecular weight excluding hydrogens is 342 g/mol. The lowest BCUT2D eigenvalue weighted by Crippen LogP contribution is -2.16. The monoisotopic (exact) mass is 357 g/mol. The molecule has 1 amide bonds. The van der Waals surface area contributed by atoms with Crippen molar-refractivity contribution >= 4 is 29.0 Å².